The molecule has 0 heterocycles. The minimum Gasteiger partial charge on any atom is -0.756 e. The van der Waals surface area contributed by atoms with Crippen molar-refractivity contribution in [1.29, 1.82) is 0 Å². The Morgan fingerprint density at radius 1 is 0.360 bits per heavy atom. The molecule has 0 fully saturated rings. The number of carbonyl (C=O) groups is 2. The molecular formula is C76H146NO8P. The summed E-state index contributed by atoms with van der Waals surface area (Å²) in [6.07, 6.45) is 86.9. The molecule has 0 saturated carbocycles. The van der Waals surface area contributed by atoms with E-state index in [1.54, 1.807) is 0 Å². The Kier molecular flexibility index (Phi) is 66.2. The van der Waals surface area contributed by atoms with E-state index < -0.39 is 26.5 Å². The van der Waals surface area contributed by atoms with Gasteiger partial charge in [0.1, 0.15) is 19.8 Å². The van der Waals surface area contributed by atoms with Gasteiger partial charge in [-0.3, -0.25) is 14.2 Å². The minimum atomic E-state index is -4.64. The van der Waals surface area contributed by atoms with E-state index in [9.17, 15) is 19.0 Å². The van der Waals surface area contributed by atoms with Crippen molar-refractivity contribution in [2.24, 2.45) is 0 Å². The van der Waals surface area contributed by atoms with Crippen molar-refractivity contribution in [3.8, 4) is 0 Å². The van der Waals surface area contributed by atoms with E-state index >= 15 is 0 Å². The number of ether oxygens (including phenoxy) is 2. The molecule has 0 aromatic heterocycles. The molecule has 2 atom stereocenters. The van der Waals surface area contributed by atoms with Gasteiger partial charge in [0.05, 0.1) is 27.7 Å². The highest BCUT2D eigenvalue weighted by Gasteiger charge is 2.22. The molecule has 0 aromatic carbocycles. The van der Waals surface area contributed by atoms with E-state index in [4.69, 9.17) is 18.5 Å². The molecule has 0 aliphatic heterocycles. The maximum Gasteiger partial charge on any atom is 0.306 e. The van der Waals surface area contributed by atoms with Gasteiger partial charge in [-0.1, -0.05) is 339 Å². The number of phosphoric ester groups is 1. The lowest BCUT2D eigenvalue weighted by atomic mass is 10.0. The van der Waals surface area contributed by atoms with E-state index in [1.165, 1.54) is 315 Å². The molecule has 0 rings (SSSR count). The molecule has 508 valence electrons. The number of hydrogen-bond acceptors (Lipinski definition) is 8. The molecule has 0 amide bonds. The van der Waals surface area contributed by atoms with Gasteiger partial charge in [-0.05, 0) is 70.6 Å². The van der Waals surface area contributed by atoms with Crippen molar-refractivity contribution in [3.05, 3.63) is 36.5 Å². The van der Waals surface area contributed by atoms with Crippen LogP contribution in [0.25, 0.3) is 0 Å². The number of unbranched alkanes of at least 4 members (excludes halogenated alkanes) is 51. The Morgan fingerprint density at radius 2 is 0.628 bits per heavy atom. The first-order valence-corrected chi connectivity index (χ1v) is 39.2. The Labute approximate surface area is 535 Å². The summed E-state index contributed by atoms with van der Waals surface area (Å²) in [7, 11) is 1.19. The lowest BCUT2D eigenvalue weighted by Gasteiger charge is -2.28. The van der Waals surface area contributed by atoms with Gasteiger partial charge < -0.3 is 27.9 Å². The van der Waals surface area contributed by atoms with Crippen molar-refractivity contribution in [1.82, 2.24) is 0 Å². The molecule has 0 spiro atoms. The molecule has 0 aliphatic carbocycles. The number of rotatable bonds is 71. The number of esters is 2. The highest BCUT2D eigenvalue weighted by atomic mass is 31.2. The SMILES string of the molecule is CCCCCCC/C=C\C/C=C\CCCCCCCCCCCCCCCCCCCCCCCCCCCCCC(=O)OC(COC(=O)CCCCCCCCCCCCC/C=C\CCCCCCCCCC)COP(=O)([O-])OCC[N+](C)(C)C. The fourth-order valence-corrected chi connectivity index (χ4v) is 12.1. The molecule has 0 aromatic rings. The molecule has 9 nitrogen and oxygen atoms in total. The van der Waals surface area contributed by atoms with Gasteiger partial charge in [-0.15, -0.1) is 0 Å². The van der Waals surface area contributed by atoms with E-state index in [0.717, 1.165) is 38.5 Å². The standard InChI is InChI=1S/C76H146NO8P/c1-6-8-10-12-14-16-18-20-22-24-26-28-30-31-32-33-34-35-36-37-38-39-40-41-42-43-44-45-47-49-51-53-55-57-59-61-63-65-67-69-76(79)85-74(73-84-86(80,81)83-71-70-77(3,4)5)72-82-75(78)68-66-64-62-60-58-56-54-52-50-48-46-29-27-25-23-21-19-17-15-13-11-9-7-2/h18,20,24-27,74H,6-17,19,21-23,28-73H2,1-5H3/b20-18-,26-24-,27-25-. The van der Waals surface area contributed by atoms with E-state index in [1.807, 2.05) is 21.1 Å². The third-order valence-electron chi connectivity index (χ3n) is 17.1. The van der Waals surface area contributed by atoms with Crippen molar-refractivity contribution >= 4 is 19.8 Å². The second-order valence-electron chi connectivity index (χ2n) is 27.0. The van der Waals surface area contributed by atoms with Crippen LogP contribution in [0.15, 0.2) is 36.5 Å². The molecule has 0 aliphatic rings. The van der Waals surface area contributed by atoms with E-state index in [0.29, 0.717) is 17.4 Å². The minimum absolute atomic E-state index is 0.0278. The van der Waals surface area contributed by atoms with Gasteiger partial charge in [0.2, 0.25) is 0 Å². The summed E-state index contributed by atoms with van der Waals surface area (Å²) < 4.78 is 34.4. The van der Waals surface area contributed by atoms with Crippen molar-refractivity contribution in [2.75, 3.05) is 47.5 Å². The highest BCUT2D eigenvalue weighted by molar-refractivity contribution is 7.45. The maximum absolute atomic E-state index is 12.9. The van der Waals surface area contributed by atoms with Gasteiger partial charge in [0, 0.05) is 12.8 Å². The quantitative estimate of drug-likeness (QED) is 0.0195. The van der Waals surface area contributed by atoms with Gasteiger partial charge in [-0.2, -0.15) is 0 Å². The second-order valence-corrected chi connectivity index (χ2v) is 28.4. The Hall–Kier alpha value is -1.77. The zero-order valence-corrected chi connectivity index (χ0v) is 58.9. The van der Waals surface area contributed by atoms with Crippen LogP contribution in [0, 0.1) is 0 Å². The summed E-state index contributed by atoms with van der Waals surface area (Å²) in [5.74, 6) is -0.812. The average molecular weight is 1230 g/mol. The molecule has 0 N–H and O–H groups in total. The fraction of sp³-hybridized carbons (Fsp3) is 0.895. The van der Waals surface area contributed by atoms with Gasteiger partial charge in [-0.25, -0.2) is 0 Å². The van der Waals surface area contributed by atoms with Gasteiger partial charge in [0.25, 0.3) is 7.82 Å². The maximum atomic E-state index is 12.9. The van der Waals surface area contributed by atoms with Crippen LogP contribution in [0.1, 0.15) is 386 Å². The predicted octanol–water partition coefficient (Wildman–Crippen LogP) is 24.0. The van der Waals surface area contributed by atoms with Crippen molar-refractivity contribution in [2.45, 2.75) is 392 Å². The zero-order valence-electron chi connectivity index (χ0n) is 58.0. The normalized spacial score (nSPS) is 13.2. The van der Waals surface area contributed by atoms with Crippen LogP contribution in [0.4, 0.5) is 0 Å². The fourth-order valence-electron chi connectivity index (χ4n) is 11.3. The monoisotopic (exact) mass is 1230 g/mol. The van der Waals surface area contributed by atoms with Gasteiger partial charge in [0.15, 0.2) is 6.10 Å². The molecule has 86 heavy (non-hydrogen) atoms. The zero-order chi connectivity index (χ0) is 62.6. The van der Waals surface area contributed by atoms with Crippen LogP contribution in [0.2, 0.25) is 0 Å². The summed E-state index contributed by atoms with van der Waals surface area (Å²) in [6, 6.07) is 0. The van der Waals surface area contributed by atoms with Crippen LogP contribution >= 0.6 is 7.82 Å². The molecule has 0 saturated heterocycles. The number of hydrogen-bond donors (Lipinski definition) is 0. The summed E-state index contributed by atoms with van der Waals surface area (Å²) in [6.45, 7) is 4.30. The van der Waals surface area contributed by atoms with Crippen LogP contribution in [0.5, 0.6) is 0 Å². The van der Waals surface area contributed by atoms with Crippen LogP contribution < -0.4 is 4.89 Å². The van der Waals surface area contributed by atoms with Crippen molar-refractivity contribution < 1.29 is 42.1 Å². The molecule has 0 bridgehead atoms. The van der Waals surface area contributed by atoms with Crippen LogP contribution in [-0.4, -0.2) is 70.0 Å². The third kappa shape index (κ3) is 71.3. The number of allylic oxidation sites excluding steroid dienone is 6. The number of quaternary nitrogens is 1. The molecule has 10 heteroatoms. The van der Waals surface area contributed by atoms with Crippen molar-refractivity contribution in [3.63, 3.8) is 0 Å². The summed E-state index contributed by atoms with van der Waals surface area (Å²) in [5.41, 5.74) is 0. The largest absolute Gasteiger partial charge is 0.756 e. The smallest absolute Gasteiger partial charge is 0.306 e. The first-order chi connectivity index (χ1) is 42.0. The number of likely N-dealkylation sites (N-methyl/N-ethyl adjacent to an activating group) is 1. The van der Waals surface area contributed by atoms with Gasteiger partial charge >= 0.3 is 11.9 Å². The second kappa shape index (κ2) is 67.6. The molecular weight excluding hydrogens is 1090 g/mol. The number of nitrogens with zero attached hydrogens (tertiary/aromatic N) is 1. The lowest BCUT2D eigenvalue weighted by molar-refractivity contribution is -0.870. The number of carbonyl (C=O) groups excluding carboxylic acids is 2. The molecule has 2 unspecified atom stereocenters. The first kappa shape index (κ1) is 84.2. The van der Waals surface area contributed by atoms with Crippen LogP contribution in [-0.2, 0) is 32.7 Å². The van der Waals surface area contributed by atoms with E-state index in [-0.39, 0.29) is 32.0 Å². The van der Waals surface area contributed by atoms with Crippen LogP contribution in [0.3, 0.4) is 0 Å². The summed E-state index contributed by atoms with van der Waals surface area (Å²) >= 11 is 0. The Morgan fingerprint density at radius 3 is 0.930 bits per heavy atom. The first-order valence-electron chi connectivity index (χ1n) is 37.7. The van der Waals surface area contributed by atoms with E-state index in [2.05, 4.69) is 50.3 Å². The summed E-state index contributed by atoms with van der Waals surface area (Å²) in [5, 5.41) is 0. The average Bonchev–Trinajstić information content (AvgIpc) is 3.56. The summed E-state index contributed by atoms with van der Waals surface area (Å²) in [4.78, 5) is 38.1. The Balaban J connectivity index is 3.90. The third-order valence-corrected chi connectivity index (χ3v) is 18.1. The molecule has 0 radical (unpaired) electrons. The Bertz CT molecular complexity index is 1540. The highest BCUT2D eigenvalue weighted by Crippen LogP contribution is 2.38. The topological polar surface area (TPSA) is 111 Å². The predicted molar refractivity (Wildman–Crippen MR) is 370 cm³/mol. The number of phosphoric acid groups is 1. The lowest BCUT2D eigenvalue weighted by Crippen LogP contribution is -2.37.